The van der Waals surface area contributed by atoms with Gasteiger partial charge in [-0.05, 0) is 59.7 Å². The zero-order valence-electron chi connectivity index (χ0n) is 15.3. The van der Waals surface area contributed by atoms with Crippen molar-refractivity contribution in [2.45, 2.75) is 11.5 Å². The summed E-state index contributed by atoms with van der Waals surface area (Å²) in [7, 11) is 0. The van der Waals surface area contributed by atoms with Crippen LogP contribution in [0, 0.1) is 5.82 Å². The lowest BCUT2D eigenvalue weighted by atomic mass is 10.2. The molecule has 0 aliphatic carbocycles. The molecule has 29 heavy (non-hydrogen) atoms. The number of benzene rings is 3. The fourth-order valence-corrected chi connectivity index (χ4v) is 3.14. The van der Waals surface area contributed by atoms with E-state index in [0.29, 0.717) is 17.4 Å². The quantitative estimate of drug-likeness (QED) is 0.301. The topological polar surface area (TPSA) is 50.7 Å². The highest BCUT2D eigenvalue weighted by molar-refractivity contribution is 8.00. The third kappa shape index (κ3) is 7.25. The Bertz CT molecular complexity index is 979. The van der Waals surface area contributed by atoms with E-state index in [1.54, 1.807) is 30.5 Å². The molecule has 3 aromatic rings. The summed E-state index contributed by atoms with van der Waals surface area (Å²) < 4.78 is 18.6. The SMILES string of the molecule is O=C(CSc1ccc(Cl)cc1)N/N=C\c1cccc(OCc2ccc(F)cc2)c1. The first-order valence-electron chi connectivity index (χ1n) is 8.76. The minimum Gasteiger partial charge on any atom is -0.489 e. The lowest BCUT2D eigenvalue weighted by Gasteiger charge is -2.07. The smallest absolute Gasteiger partial charge is 0.250 e. The minimum absolute atomic E-state index is 0.204. The fourth-order valence-electron chi connectivity index (χ4n) is 2.32. The average molecular weight is 429 g/mol. The van der Waals surface area contributed by atoms with Gasteiger partial charge in [0.15, 0.2) is 0 Å². The van der Waals surface area contributed by atoms with Crippen molar-refractivity contribution in [3.05, 3.63) is 94.8 Å². The number of halogens is 2. The van der Waals surface area contributed by atoms with E-state index in [1.165, 1.54) is 23.9 Å². The Balaban J connectivity index is 1.46. The maximum Gasteiger partial charge on any atom is 0.250 e. The largest absolute Gasteiger partial charge is 0.489 e. The first-order valence-corrected chi connectivity index (χ1v) is 10.1. The van der Waals surface area contributed by atoms with Gasteiger partial charge in [0.2, 0.25) is 5.91 Å². The molecule has 0 saturated heterocycles. The van der Waals surface area contributed by atoms with Crippen LogP contribution in [0.4, 0.5) is 4.39 Å². The number of nitrogens with zero attached hydrogens (tertiary/aromatic N) is 1. The maximum absolute atomic E-state index is 12.9. The summed E-state index contributed by atoms with van der Waals surface area (Å²) in [5.41, 5.74) is 4.16. The number of thioether (sulfide) groups is 1. The van der Waals surface area contributed by atoms with Crippen molar-refractivity contribution in [1.82, 2.24) is 5.43 Å². The average Bonchev–Trinajstić information content (AvgIpc) is 2.73. The third-order valence-electron chi connectivity index (χ3n) is 3.76. The second kappa shape index (κ2) is 10.6. The van der Waals surface area contributed by atoms with Gasteiger partial charge in [0.05, 0.1) is 12.0 Å². The molecule has 0 atom stereocenters. The van der Waals surface area contributed by atoms with E-state index in [2.05, 4.69) is 10.5 Å². The van der Waals surface area contributed by atoms with E-state index >= 15 is 0 Å². The second-order valence-corrected chi connectivity index (χ2v) is 7.51. The normalized spacial score (nSPS) is 10.8. The van der Waals surface area contributed by atoms with Gasteiger partial charge in [-0.3, -0.25) is 4.79 Å². The number of hydrogen-bond acceptors (Lipinski definition) is 4. The van der Waals surface area contributed by atoms with Gasteiger partial charge in [-0.15, -0.1) is 11.8 Å². The van der Waals surface area contributed by atoms with Gasteiger partial charge in [0.1, 0.15) is 18.2 Å². The molecule has 0 aliphatic heterocycles. The van der Waals surface area contributed by atoms with Crippen LogP contribution in [0.5, 0.6) is 5.75 Å². The number of hydrazone groups is 1. The summed E-state index contributed by atoms with van der Waals surface area (Å²) in [5.74, 6) is 0.424. The molecule has 0 heterocycles. The van der Waals surface area contributed by atoms with E-state index in [-0.39, 0.29) is 17.5 Å². The molecule has 0 aromatic heterocycles. The molecule has 0 aliphatic rings. The number of nitrogens with one attached hydrogen (secondary N) is 1. The molecule has 7 heteroatoms. The van der Waals surface area contributed by atoms with Crippen LogP contribution in [0.3, 0.4) is 0 Å². The highest BCUT2D eigenvalue weighted by Crippen LogP contribution is 2.20. The predicted molar refractivity (Wildman–Crippen MR) is 115 cm³/mol. The monoisotopic (exact) mass is 428 g/mol. The van der Waals surface area contributed by atoms with Crippen LogP contribution in [-0.4, -0.2) is 17.9 Å². The molecule has 0 unspecified atom stereocenters. The molecule has 148 valence electrons. The molecule has 1 amide bonds. The Labute approximate surface area is 177 Å². The summed E-state index contributed by atoms with van der Waals surface area (Å²) in [5, 5.41) is 4.64. The van der Waals surface area contributed by atoms with Gasteiger partial charge in [0, 0.05) is 9.92 Å². The van der Waals surface area contributed by atoms with Crippen LogP contribution in [0.25, 0.3) is 0 Å². The summed E-state index contributed by atoms with van der Waals surface area (Å²) >= 11 is 7.24. The number of hydrogen-bond donors (Lipinski definition) is 1. The standard InChI is InChI=1S/C22H18ClFN2O2S/c23-18-6-10-21(11-7-18)29-15-22(27)26-25-13-17-2-1-3-20(12-17)28-14-16-4-8-19(24)9-5-16/h1-13H,14-15H2,(H,26,27)/b25-13-. The van der Waals surface area contributed by atoms with Gasteiger partial charge in [-0.25, -0.2) is 9.82 Å². The lowest BCUT2D eigenvalue weighted by Crippen LogP contribution is -2.19. The van der Waals surface area contributed by atoms with E-state index in [9.17, 15) is 9.18 Å². The summed E-state index contributed by atoms with van der Waals surface area (Å²) in [6.07, 6.45) is 1.55. The summed E-state index contributed by atoms with van der Waals surface area (Å²) in [6.45, 7) is 0.333. The minimum atomic E-state index is -0.277. The molecule has 3 rings (SSSR count). The van der Waals surface area contributed by atoms with Gasteiger partial charge < -0.3 is 4.74 Å². The summed E-state index contributed by atoms with van der Waals surface area (Å²) in [6, 6.07) is 20.8. The third-order valence-corrected chi connectivity index (χ3v) is 5.03. The second-order valence-electron chi connectivity index (χ2n) is 6.02. The zero-order valence-corrected chi connectivity index (χ0v) is 16.9. The van der Waals surface area contributed by atoms with Gasteiger partial charge >= 0.3 is 0 Å². The number of amides is 1. The van der Waals surface area contributed by atoms with E-state index in [1.807, 2.05) is 36.4 Å². The number of rotatable bonds is 8. The highest BCUT2D eigenvalue weighted by Gasteiger charge is 2.02. The molecule has 0 spiro atoms. The molecule has 3 aromatic carbocycles. The highest BCUT2D eigenvalue weighted by atomic mass is 35.5. The Hall–Kier alpha value is -2.83. The van der Waals surface area contributed by atoms with E-state index < -0.39 is 0 Å². The zero-order chi connectivity index (χ0) is 20.5. The Morgan fingerprint density at radius 1 is 1.10 bits per heavy atom. The predicted octanol–water partition coefficient (Wildman–Crippen LogP) is 5.30. The van der Waals surface area contributed by atoms with Crippen molar-refractivity contribution in [3.63, 3.8) is 0 Å². The first kappa shape index (κ1) is 20.9. The van der Waals surface area contributed by atoms with Crippen LogP contribution in [0.2, 0.25) is 5.02 Å². The van der Waals surface area contributed by atoms with Gasteiger partial charge in [0.25, 0.3) is 0 Å². The van der Waals surface area contributed by atoms with E-state index in [0.717, 1.165) is 16.0 Å². The lowest BCUT2D eigenvalue weighted by molar-refractivity contribution is -0.118. The van der Waals surface area contributed by atoms with Crippen LogP contribution >= 0.6 is 23.4 Å². The molecule has 4 nitrogen and oxygen atoms in total. The maximum atomic E-state index is 12.9. The number of carbonyl (C=O) groups is 1. The number of ether oxygens (including phenoxy) is 1. The van der Waals surface area contributed by atoms with Crippen molar-refractivity contribution in [1.29, 1.82) is 0 Å². The van der Waals surface area contributed by atoms with Crippen molar-refractivity contribution >= 4 is 35.5 Å². The molecule has 0 bridgehead atoms. The van der Waals surface area contributed by atoms with Crippen LogP contribution in [0.1, 0.15) is 11.1 Å². The van der Waals surface area contributed by atoms with Crippen molar-refractivity contribution < 1.29 is 13.9 Å². The fraction of sp³-hybridized carbons (Fsp3) is 0.0909. The Morgan fingerprint density at radius 2 is 1.86 bits per heavy atom. The van der Waals surface area contributed by atoms with Crippen molar-refractivity contribution in [2.75, 3.05) is 5.75 Å². The molecular formula is C22H18ClFN2O2S. The molecule has 0 radical (unpaired) electrons. The summed E-state index contributed by atoms with van der Waals surface area (Å²) in [4.78, 5) is 12.9. The van der Waals surface area contributed by atoms with Crippen LogP contribution < -0.4 is 10.2 Å². The van der Waals surface area contributed by atoms with E-state index in [4.69, 9.17) is 16.3 Å². The Kier molecular flexibility index (Phi) is 7.67. The van der Waals surface area contributed by atoms with Crippen LogP contribution in [-0.2, 0) is 11.4 Å². The molecule has 0 saturated carbocycles. The first-order chi connectivity index (χ1) is 14.1. The molecular weight excluding hydrogens is 411 g/mol. The molecule has 1 N–H and O–H groups in total. The van der Waals surface area contributed by atoms with Gasteiger partial charge in [-0.1, -0.05) is 35.9 Å². The van der Waals surface area contributed by atoms with Crippen LogP contribution in [0.15, 0.2) is 82.8 Å². The Morgan fingerprint density at radius 3 is 2.62 bits per heavy atom. The molecule has 0 fully saturated rings. The van der Waals surface area contributed by atoms with Crippen molar-refractivity contribution in [2.24, 2.45) is 5.10 Å². The van der Waals surface area contributed by atoms with Gasteiger partial charge in [-0.2, -0.15) is 5.10 Å². The number of carbonyl (C=O) groups excluding carboxylic acids is 1. The van der Waals surface area contributed by atoms with Crippen molar-refractivity contribution in [3.8, 4) is 5.75 Å².